The van der Waals surface area contributed by atoms with E-state index in [-0.39, 0.29) is 6.04 Å². The van der Waals surface area contributed by atoms with Crippen molar-refractivity contribution in [3.05, 3.63) is 97.6 Å². The third kappa shape index (κ3) is 4.38. The summed E-state index contributed by atoms with van der Waals surface area (Å²) in [6.07, 6.45) is 7.19. The Hall–Kier alpha value is -3.80. The maximum Gasteiger partial charge on any atom is 0.134 e. The molecule has 144 valence electrons. The number of rotatable bonds is 7. The molecule has 4 heterocycles. The van der Waals surface area contributed by atoms with Gasteiger partial charge in [0, 0.05) is 31.3 Å². The van der Waals surface area contributed by atoms with Crippen LogP contribution in [-0.4, -0.2) is 32.5 Å². The van der Waals surface area contributed by atoms with Crippen LogP contribution in [0.15, 0.2) is 97.6 Å². The lowest BCUT2D eigenvalue weighted by Gasteiger charge is -2.33. The second-order valence-electron chi connectivity index (χ2n) is 6.58. The first-order chi connectivity index (χ1) is 14.3. The van der Waals surface area contributed by atoms with E-state index in [0.717, 1.165) is 23.3 Å². The molecule has 0 aliphatic rings. The minimum Gasteiger partial charge on any atom is -0.309 e. The van der Waals surface area contributed by atoms with Gasteiger partial charge >= 0.3 is 0 Å². The summed E-state index contributed by atoms with van der Waals surface area (Å²) in [7, 11) is 0. The van der Waals surface area contributed by atoms with E-state index in [9.17, 15) is 0 Å². The second kappa shape index (κ2) is 8.93. The average Bonchev–Trinajstić information content (AvgIpc) is 2.80. The first-order valence-corrected chi connectivity index (χ1v) is 9.54. The molecule has 1 unspecified atom stereocenters. The quantitative estimate of drug-likeness (QED) is 0.464. The van der Waals surface area contributed by atoms with Crippen molar-refractivity contribution in [2.75, 3.05) is 16.3 Å². The Morgan fingerprint density at radius 2 is 0.966 bits per heavy atom. The highest BCUT2D eigenvalue weighted by atomic mass is 15.3. The summed E-state index contributed by atoms with van der Waals surface area (Å²) in [6.45, 7) is 2.81. The SMILES string of the molecule is CC(CN(c1ccccn1)c1ccccn1)N(c1ccccn1)c1ccccn1. The molecule has 6 heteroatoms. The highest BCUT2D eigenvalue weighted by molar-refractivity contribution is 5.60. The lowest BCUT2D eigenvalue weighted by Crippen LogP contribution is -2.39. The maximum absolute atomic E-state index is 4.57. The van der Waals surface area contributed by atoms with Crippen LogP contribution in [0.25, 0.3) is 0 Å². The van der Waals surface area contributed by atoms with Gasteiger partial charge in [-0.05, 0) is 55.5 Å². The molecule has 0 aliphatic carbocycles. The summed E-state index contributed by atoms with van der Waals surface area (Å²) in [4.78, 5) is 22.5. The summed E-state index contributed by atoms with van der Waals surface area (Å²) in [5.74, 6) is 3.39. The zero-order valence-electron chi connectivity index (χ0n) is 16.2. The molecule has 1 atom stereocenters. The average molecular weight is 382 g/mol. The molecule has 0 radical (unpaired) electrons. The monoisotopic (exact) mass is 382 g/mol. The van der Waals surface area contributed by atoms with Gasteiger partial charge in [-0.3, -0.25) is 0 Å². The molecule has 4 rings (SSSR count). The summed E-state index contributed by atoms with van der Waals surface area (Å²) in [6, 6.07) is 23.6. The van der Waals surface area contributed by atoms with Crippen LogP contribution >= 0.6 is 0 Å². The number of aromatic nitrogens is 4. The highest BCUT2D eigenvalue weighted by Gasteiger charge is 2.23. The molecular weight excluding hydrogens is 360 g/mol. The van der Waals surface area contributed by atoms with Crippen molar-refractivity contribution in [2.45, 2.75) is 13.0 Å². The van der Waals surface area contributed by atoms with Crippen molar-refractivity contribution >= 4 is 23.3 Å². The van der Waals surface area contributed by atoms with E-state index in [2.05, 4.69) is 36.7 Å². The first kappa shape index (κ1) is 18.6. The van der Waals surface area contributed by atoms with Crippen LogP contribution in [0.1, 0.15) is 6.92 Å². The van der Waals surface area contributed by atoms with Gasteiger partial charge < -0.3 is 9.80 Å². The van der Waals surface area contributed by atoms with E-state index >= 15 is 0 Å². The van der Waals surface area contributed by atoms with Crippen molar-refractivity contribution in [1.82, 2.24) is 19.9 Å². The van der Waals surface area contributed by atoms with Crippen molar-refractivity contribution in [2.24, 2.45) is 0 Å². The summed E-state index contributed by atoms with van der Waals surface area (Å²) in [5.41, 5.74) is 0. The van der Waals surface area contributed by atoms with Gasteiger partial charge in [0.2, 0.25) is 0 Å². The molecule has 29 heavy (non-hydrogen) atoms. The Bertz CT molecular complexity index is 917. The van der Waals surface area contributed by atoms with Gasteiger partial charge in [-0.1, -0.05) is 24.3 Å². The second-order valence-corrected chi connectivity index (χ2v) is 6.58. The number of hydrogen-bond donors (Lipinski definition) is 0. The van der Waals surface area contributed by atoms with E-state index in [0.29, 0.717) is 6.54 Å². The van der Waals surface area contributed by atoms with Crippen LogP contribution in [0.5, 0.6) is 0 Å². The van der Waals surface area contributed by atoms with Crippen molar-refractivity contribution in [3.63, 3.8) is 0 Å². The number of anilines is 4. The molecule has 0 saturated heterocycles. The molecule has 4 aromatic heterocycles. The standard InChI is InChI=1S/C23H22N6/c1-19(29(22-12-4-8-16-26-22)23-13-5-9-17-27-23)18-28(20-10-2-6-14-24-20)21-11-3-7-15-25-21/h2-17,19H,18H2,1H3. The largest absolute Gasteiger partial charge is 0.309 e. The topological polar surface area (TPSA) is 58.0 Å². The van der Waals surface area contributed by atoms with Crippen molar-refractivity contribution in [1.29, 1.82) is 0 Å². The van der Waals surface area contributed by atoms with Gasteiger partial charge in [0.15, 0.2) is 0 Å². The fourth-order valence-electron chi connectivity index (χ4n) is 3.24. The first-order valence-electron chi connectivity index (χ1n) is 9.54. The smallest absolute Gasteiger partial charge is 0.134 e. The molecule has 0 saturated carbocycles. The Morgan fingerprint density at radius 3 is 1.31 bits per heavy atom. The third-order valence-electron chi connectivity index (χ3n) is 4.53. The van der Waals surface area contributed by atoms with Gasteiger partial charge in [-0.15, -0.1) is 0 Å². The van der Waals surface area contributed by atoms with Crippen LogP contribution in [0.2, 0.25) is 0 Å². The Balaban J connectivity index is 1.70. The van der Waals surface area contributed by atoms with E-state index in [1.807, 2.05) is 72.8 Å². The lowest BCUT2D eigenvalue weighted by atomic mass is 10.2. The zero-order valence-corrected chi connectivity index (χ0v) is 16.2. The zero-order chi connectivity index (χ0) is 19.9. The minimum absolute atomic E-state index is 0.0452. The molecule has 0 N–H and O–H groups in total. The van der Waals surface area contributed by atoms with Crippen LogP contribution in [0.3, 0.4) is 0 Å². The summed E-state index contributed by atoms with van der Waals surface area (Å²) in [5, 5.41) is 0. The van der Waals surface area contributed by atoms with Gasteiger partial charge in [-0.25, -0.2) is 19.9 Å². The molecule has 0 aromatic carbocycles. The third-order valence-corrected chi connectivity index (χ3v) is 4.53. The van der Waals surface area contributed by atoms with Crippen molar-refractivity contribution in [3.8, 4) is 0 Å². The molecular formula is C23H22N6. The molecule has 0 bridgehead atoms. The Morgan fingerprint density at radius 1 is 0.586 bits per heavy atom. The van der Waals surface area contributed by atoms with E-state index in [4.69, 9.17) is 0 Å². The molecule has 0 aliphatic heterocycles. The predicted molar refractivity (Wildman–Crippen MR) is 116 cm³/mol. The molecule has 6 nitrogen and oxygen atoms in total. The van der Waals surface area contributed by atoms with Crippen LogP contribution in [-0.2, 0) is 0 Å². The molecule has 0 fully saturated rings. The van der Waals surface area contributed by atoms with Crippen LogP contribution in [0.4, 0.5) is 23.3 Å². The normalized spacial score (nSPS) is 11.6. The van der Waals surface area contributed by atoms with Crippen LogP contribution < -0.4 is 9.80 Å². The van der Waals surface area contributed by atoms with Crippen molar-refractivity contribution < 1.29 is 0 Å². The van der Waals surface area contributed by atoms with E-state index in [1.165, 1.54) is 0 Å². The van der Waals surface area contributed by atoms with Gasteiger partial charge in [0.1, 0.15) is 23.3 Å². The minimum atomic E-state index is 0.0452. The molecule has 4 aromatic rings. The fourth-order valence-corrected chi connectivity index (χ4v) is 3.24. The van der Waals surface area contributed by atoms with Gasteiger partial charge in [0.05, 0.1) is 6.04 Å². The van der Waals surface area contributed by atoms with Gasteiger partial charge in [-0.2, -0.15) is 0 Å². The Labute approximate surface area is 170 Å². The lowest BCUT2D eigenvalue weighted by molar-refractivity contribution is 0.687. The fraction of sp³-hybridized carbons (Fsp3) is 0.130. The van der Waals surface area contributed by atoms with Crippen LogP contribution in [0, 0.1) is 0 Å². The molecule has 0 spiro atoms. The van der Waals surface area contributed by atoms with E-state index in [1.54, 1.807) is 24.8 Å². The molecule has 0 amide bonds. The Kier molecular flexibility index (Phi) is 5.71. The summed E-state index contributed by atoms with van der Waals surface area (Å²) < 4.78 is 0. The number of hydrogen-bond acceptors (Lipinski definition) is 6. The summed E-state index contributed by atoms with van der Waals surface area (Å²) >= 11 is 0. The predicted octanol–water partition coefficient (Wildman–Crippen LogP) is 4.63. The van der Waals surface area contributed by atoms with E-state index < -0.39 is 0 Å². The highest BCUT2D eigenvalue weighted by Crippen LogP contribution is 2.27. The number of pyridine rings is 4. The maximum atomic E-state index is 4.57. The number of nitrogens with zero attached hydrogens (tertiary/aromatic N) is 6. The van der Waals surface area contributed by atoms with Gasteiger partial charge in [0.25, 0.3) is 0 Å².